The molecule has 3 aromatic rings. The molecule has 1 N–H and O–H groups in total. The molecule has 152 valence electrons. The lowest BCUT2D eigenvalue weighted by Crippen LogP contribution is -2.36. The minimum Gasteiger partial charge on any atom is -0.345 e. The van der Waals surface area contributed by atoms with E-state index in [0.717, 1.165) is 22.4 Å². The summed E-state index contributed by atoms with van der Waals surface area (Å²) >= 11 is 6.23. The zero-order chi connectivity index (χ0) is 21.1. The molecule has 0 radical (unpaired) electrons. The Bertz CT molecular complexity index is 1010. The van der Waals surface area contributed by atoms with Gasteiger partial charge < -0.3 is 10.2 Å². The van der Waals surface area contributed by atoms with E-state index in [1.807, 2.05) is 79.7 Å². The molecule has 4 rings (SSSR count). The van der Waals surface area contributed by atoms with Gasteiger partial charge in [-0.2, -0.15) is 0 Å². The third kappa shape index (κ3) is 4.24. The summed E-state index contributed by atoms with van der Waals surface area (Å²) in [5.74, 6) is -0.597. The predicted octanol–water partition coefficient (Wildman–Crippen LogP) is 4.91. The van der Waals surface area contributed by atoms with E-state index < -0.39 is 5.92 Å². The zero-order valence-corrected chi connectivity index (χ0v) is 17.5. The van der Waals surface area contributed by atoms with Gasteiger partial charge >= 0.3 is 0 Å². The number of halogens is 1. The highest BCUT2D eigenvalue weighted by Gasteiger charge is 2.36. The summed E-state index contributed by atoms with van der Waals surface area (Å²) < 4.78 is 0. The molecular weight excluding hydrogens is 396 g/mol. The smallest absolute Gasteiger partial charge is 0.227 e. The summed E-state index contributed by atoms with van der Waals surface area (Å²) in [4.78, 5) is 27.4. The Morgan fingerprint density at radius 2 is 1.60 bits per heavy atom. The van der Waals surface area contributed by atoms with Gasteiger partial charge in [0.2, 0.25) is 11.8 Å². The number of hydrogen-bond donors (Lipinski definition) is 1. The minimum absolute atomic E-state index is 0.0639. The first kappa shape index (κ1) is 20.2. The molecule has 0 aromatic heterocycles. The van der Waals surface area contributed by atoms with Gasteiger partial charge in [-0.1, -0.05) is 78.3 Å². The summed E-state index contributed by atoms with van der Waals surface area (Å²) in [7, 11) is 0. The average molecular weight is 419 g/mol. The number of nitrogens with zero attached hydrogens (tertiary/aromatic N) is 1. The fourth-order valence-corrected chi connectivity index (χ4v) is 3.97. The molecular formula is C25H23ClN2O2. The molecule has 2 amide bonds. The van der Waals surface area contributed by atoms with E-state index in [1.165, 1.54) is 0 Å². The molecule has 5 heteroatoms. The number of hydrogen-bond acceptors (Lipinski definition) is 2. The fraction of sp³-hybridized carbons (Fsp3) is 0.200. The summed E-state index contributed by atoms with van der Waals surface area (Å²) in [6.07, 6.45) is 0.188. The second-order valence-corrected chi connectivity index (χ2v) is 8.01. The van der Waals surface area contributed by atoms with Crippen LogP contribution in [0.5, 0.6) is 0 Å². The Morgan fingerprint density at radius 1 is 1.00 bits per heavy atom. The number of anilines is 1. The summed E-state index contributed by atoms with van der Waals surface area (Å²) in [6, 6.07) is 25.0. The van der Waals surface area contributed by atoms with E-state index in [2.05, 4.69) is 5.32 Å². The first-order valence-electron chi connectivity index (χ1n) is 9.99. The SMILES string of the molecule is Cc1ccc(N2C[C@@H](C(=O)NC(c3ccccc3)c3ccccc3)CC2=O)cc1Cl. The van der Waals surface area contributed by atoms with Crippen LogP contribution in [0.1, 0.15) is 29.2 Å². The molecule has 4 nitrogen and oxygen atoms in total. The maximum Gasteiger partial charge on any atom is 0.227 e. The van der Waals surface area contributed by atoms with E-state index in [1.54, 1.807) is 11.0 Å². The molecule has 1 saturated heterocycles. The molecule has 3 aromatic carbocycles. The van der Waals surface area contributed by atoms with E-state index >= 15 is 0 Å². The highest BCUT2D eigenvalue weighted by atomic mass is 35.5. The van der Waals surface area contributed by atoms with Gasteiger partial charge in [-0.25, -0.2) is 0 Å². The third-order valence-electron chi connectivity index (χ3n) is 5.52. The van der Waals surface area contributed by atoms with Gasteiger partial charge in [0.25, 0.3) is 0 Å². The van der Waals surface area contributed by atoms with Crippen molar-refractivity contribution >= 4 is 29.1 Å². The summed E-state index contributed by atoms with van der Waals surface area (Å²) in [5.41, 5.74) is 3.69. The normalized spacial score (nSPS) is 16.2. The van der Waals surface area contributed by atoms with Crippen LogP contribution in [0.25, 0.3) is 0 Å². The second-order valence-electron chi connectivity index (χ2n) is 7.60. The van der Waals surface area contributed by atoms with Crippen LogP contribution in [0.2, 0.25) is 5.02 Å². The molecule has 0 spiro atoms. The quantitative estimate of drug-likeness (QED) is 0.640. The minimum atomic E-state index is -0.410. The Kier molecular flexibility index (Phi) is 5.86. The van der Waals surface area contributed by atoms with Crippen molar-refractivity contribution < 1.29 is 9.59 Å². The first-order valence-corrected chi connectivity index (χ1v) is 10.4. The highest BCUT2D eigenvalue weighted by Crippen LogP contribution is 2.30. The Morgan fingerprint density at radius 3 is 2.17 bits per heavy atom. The van der Waals surface area contributed by atoms with Crippen molar-refractivity contribution in [2.45, 2.75) is 19.4 Å². The molecule has 1 heterocycles. The highest BCUT2D eigenvalue weighted by molar-refractivity contribution is 6.31. The van der Waals surface area contributed by atoms with Crippen LogP contribution >= 0.6 is 11.6 Å². The number of amides is 2. The molecule has 30 heavy (non-hydrogen) atoms. The molecule has 0 saturated carbocycles. The third-order valence-corrected chi connectivity index (χ3v) is 5.92. The van der Waals surface area contributed by atoms with Gasteiger partial charge in [-0.3, -0.25) is 9.59 Å². The molecule has 1 fully saturated rings. The maximum absolute atomic E-state index is 13.1. The monoisotopic (exact) mass is 418 g/mol. The summed E-state index contributed by atoms with van der Waals surface area (Å²) in [5, 5.41) is 3.77. The summed E-state index contributed by atoms with van der Waals surface area (Å²) in [6.45, 7) is 2.27. The number of carbonyl (C=O) groups is 2. The lowest BCUT2D eigenvalue weighted by Gasteiger charge is -2.22. The zero-order valence-electron chi connectivity index (χ0n) is 16.7. The molecule has 1 aliphatic rings. The lowest BCUT2D eigenvalue weighted by atomic mass is 9.97. The molecule has 1 aliphatic heterocycles. The van der Waals surface area contributed by atoms with Crippen molar-refractivity contribution in [1.82, 2.24) is 5.32 Å². The van der Waals surface area contributed by atoms with Gasteiger partial charge in [0, 0.05) is 23.7 Å². The van der Waals surface area contributed by atoms with Crippen molar-refractivity contribution in [3.63, 3.8) is 0 Å². The van der Waals surface area contributed by atoms with Gasteiger partial charge in [-0.15, -0.1) is 0 Å². The van der Waals surface area contributed by atoms with Gasteiger partial charge in [0.15, 0.2) is 0 Å². The topological polar surface area (TPSA) is 49.4 Å². The van der Waals surface area contributed by atoms with Crippen molar-refractivity contribution in [3.05, 3.63) is 101 Å². The van der Waals surface area contributed by atoms with E-state index in [0.29, 0.717) is 11.6 Å². The largest absolute Gasteiger partial charge is 0.345 e. The Hall–Kier alpha value is -3.11. The number of benzene rings is 3. The van der Waals surface area contributed by atoms with Crippen LogP contribution in [0.3, 0.4) is 0 Å². The average Bonchev–Trinajstić information content (AvgIpc) is 3.17. The number of carbonyl (C=O) groups excluding carboxylic acids is 2. The van der Waals surface area contributed by atoms with Crippen molar-refractivity contribution in [3.8, 4) is 0 Å². The Labute approximate surface area is 181 Å². The number of aryl methyl sites for hydroxylation is 1. The molecule has 0 aliphatic carbocycles. The van der Waals surface area contributed by atoms with Crippen molar-refractivity contribution in [2.75, 3.05) is 11.4 Å². The van der Waals surface area contributed by atoms with E-state index in [4.69, 9.17) is 11.6 Å². The predicted molar refractivity (Wildman–Crippen MR) is 120 cm³/mol. The second kappa shape index (κ2) is 8.72. The van der Waals surface area contributed by atoms with Crippen LogP contribution in [0, 0.1) is 12.8 Å². The number of rotatable bonds is 5. The molecule has 0 unspecified atom stereocenters. The Balaban J connectivity index is 1.53. The van der Waals surface area contributed by atoms with Gasteiger partial charge in [0.1, 0.15) is 0 Å². The van der Waals surface area contributed by atoms with Crippen LogP contribution in [-0.4, -0.2) is 18.4 Å². The van der Waals surface area contributed by atoms with Crippen LogP contribution in [-0.2, 0) is 9.59 Å². The van der Waals surface area contributed by atoms with E-state index in [9.17, 15) is 9.59 Å². The van der Waals surface area contributed by atoms with Crippen molar-refractivity contribution in [1.29, 1.82) is 0 Å². The van der Waals surface area contributed by atoms with Crippen molar-refractivity contribution in [2.24, 2.45) is 5.92 Å². The standard InChI is InChI=1S/C25H23ClN2O2/c1-17-12-13-21(15-22(17)26)28-16-20(14-23(28)29)25(30)27-24(18-8-4-2-5-9-18)19-10-6-3-7-11-19/h2-13,15,20,24H,14,16H2,1H3,(H,27,30)/t20-/m0/s1. The lowest BCUT2D eigenvalue weighted by molar-refractivity contribution is -0.126. The van der Waals surface area contributed by atoms with E-state index in [-0.39, 0.29) is 24.3 Å². The van der Waals surface area contributed by atoms with Gasteiger partial charge in [-0.05, 0) is 35.7 Å². The van der Waals surface area contributed by atoms with Crippen LogP contribution < -0.4 is 10.2 Å². The van der Waals surface area contributed by atoms with Gasteiger partial charge in [0.05, 0.1) is 12.0 Å². The van der Waals surface area contributed by atoms with Crippen LogP contribution in [0.15, 0.2) is 78.9 Å². The maximum atomic E-state index is 13.1. The number of nitrogens with one attached hydrogen (secondary N) is 1. The molecule has 1 atom stereocenters. The first-order chi connectivity index (χ1) is 14.5. The van der Waals surface area contributed by atoms with Crippen LogP contribution in [0.4, 0.5) is 5.69 Å². The fourth-order valence-electron chi connectivity index (χ4n) is 3.79. The molecule has 0 bridgehead atoms.